The molecule has 0 amide bonds. The molecule has 4 heteroatoms. The number of ether oxygens (including phenoxy) is 2. The van der Waals surface area contributed by atoms with Gasteiger partial charge in [-0.1, -0.05) is 11.6 Å². The Morgan fingerprint density at radius 3 is 3.07 bits per heavy atom. The minimum atomic E-state index is -0.0543. The van der Waals surface area contributed by atoms with Gasteiger partial charge in [0, 0.05) is 18.0 Å². The van der Waals surface area contributed by atoms with Crippen LogP contribution >= 0.6 is 11.6 Å². The molecule has 0 radical (unpaired) electrons. The summed E-state index contributed by atoms with van der Waals surface area (Å²) < 4.78 is 10.6. The van der Waals surface area contributed by atoms with Gasteiger partial charge >= 0.3 is 0 Å². The highest BCUT2D eigenvalue weighted by Crippen LogP contribution is 2.40. The van der Waals surface area contributed by atoms with Crippen LogP contribution in [0.3, 0.4) is 0 Å². The van der Waals surface area contributed by atoms with E-state index in [1.54, 1.807) is 13.2 Å². The lowest BCUT2D eigenvalue weighted by atomic mass is 10.0. The fraction of sp³-hybridized carbons (Fsp3) is 0.400. The van der Waals surface area contributed by atoms with Crippen LogP contribution in [0.15, 0.2) is 12.1 Å². The summed E-state index contributed by atoms with van der Waals surface area (Å²) in [5, 5.41) is 0.567. The van der Waals surface area contributed by atoms with Gasteiger partial charge in [-0.2, -0.15) is 0 Å². The number of halogens is 1. The number of nitrogens with two attached hydrogens (primary N) is 1. The van der Waals surface area contributed by atoms with E-state index in [1.165, 1.54) is 0 Å². The third-order valence-corrected chi connectivity index (χ3v) is 2.77. The van der Waals surface area contributed by atoms with Gasteiger partial charge < -0.3 is 15.2 Å². The summed E-state index contributed by atoms with van der Waals surface area (Å²) in [5.74, 6) is 1.42. The SMILES string of the molecule is COc1ccc2c(c1Cl)C(N)CCO2. The summed E-state index contributed by atoms with van der Waals surface area (Å²) >= 11 is 6.14. The Morgan fingerprint density at radius 1 is 1.57 bits per heavy atom. The average Bonchev–Trinajstić information content (AvgIpc) is 2.18. The van der Waals surface area contributed by atoms with Gasteiger partial charge in [0.05, 0.1) is 18.7 Å². The molecule has 0 bridgehead atoms. The first-order chi connectivity index (χ1) is 6.74. The molecule has 2 rings (SSSR count). The maximum Gasteiger partial charge on any atom is 0.138 e. The van der Waals surface area contributed by atoms with Gasteiger partial charge in [-0.15, -0.1) is 0 Å². The first-order valence-electron chi connectivity index (χ1n) is 4.49. The van der Waals surface area contributed by atoms with E-state index < -0.39 is 0 Å². The van der Waals surface area contributed by atoms with Crippen molar-refractivity contribution < 1.29 is 9.47 Å². The van der Waals surface area contributed by atoms with Gasteiger partial charge in [-0.25, -0.2) is 0 Å². The number of hydrogen-bond donors (Lipinski definition) is 1. The monoisotopic (exact) mass is 213 g/mol. The molecule has 1 aliphatic heterocycles. The van der Waals surface area contributed by atoms with Crippen LogP contribution in [0, 0.1) is 0 Å². The van der Waals surface area contributed by atoms with E-state index in [0.717, 1.165) is 17.7 Å². The number of hydrogen-bond acceptors (Lipinski definition) is 3. The lowest BCUT2D eigenvalue weighted by Crippen LogP contribution is -2.21. The summed E-state index contributed by atoms with van der Waals surface area (Å²) in [6.07, 6.45) is 0.792. The van der Waals surface area contributed by atoms with Gasteiger partial charge in [0.1, 0.15) is 11.5 Å². The van der Waals surface area contributed by atoms with E-state index in [1.807, 2.05) is 6.07 Å². The summed E-state index contributed by atoms with van der Waals surface area (Å²) in [4.78, 5) is 0. The molecule has 1 heterocycles. The summed E-state index contributed by atoms with van der Waals surface area (Å²) in [6.45, 7) is 0.650. The molecule has 2 N–H and O–H groups in total. The van der Waals surface area contributed by atoms with E-state index in [0.29, 0.717) is 17.4 Å². The molecule has 0 saturated heterocycles. The molecule has 14 heavy (non-hydrogen) atoms. The van der Waals surface area contributed by atoms with Crippen LogP contribution in [0.25, 0.3) is 0 Å². The molecule has 0 spiro atoms. The second kappa shape index (κ2) is 3.67. The van der Waals surface area contributed by atoms with E-state index in [-0.39, 0.29) is 6.04 Å². The van der Waals surface area contributed by atoms with Crippen molar-refractivity contribution in [1.82, 2.24) is 0 Å². The molecule has 3 nitrogen and oxygen atoms in total. The Bertz CT molecular complexity index is 354. The molecule has 1 aliphatic rings. The standard InChI is InChI=1S/C10H12ClNO2/c1-13-8-3-2-7-9(10(8)11)6(12)4-5-14-7/h2-3,6H,4-5,12H2,1H3. The maximum absolute atomic E-state index is 6.14. The molecule has 76 valence electrons. The zero-order chi connectivity index (χ0) is 10.1. The number of rotatable bonds is 1. The van der Waals surface area contributed by atoms with Crippen molar-refractivity contribution in [3.8, 4) is 11.5 Å². The molecule has 0 saturated carbocycles. The highest BCUT2D eigenvalue weighted by Gasteiger charge is 2.23. The Kier molecular flexibility index (Phi) is 2.52. The summed E-state index contributed by atoms with van der Waals surface area (Å²) in [7, 11) is 1.59. The van der Waals surface area contributed by atoms with Crippen LogP contribution < -0.4 is 15.2 Å². The van der Waals surface area contributed by atoms with Gasteiger partial charge in [0.2, 0.25) is 0 Å². The van der Waals surface area contributed by atoms with Gasteiger partial charge in [0.15, 0.2) is 0 Å². The molecule has 1 unspecified atom stereocenters. The van der Waals surface area contributed by atoms with Gasteiger partial charge in [-0.3, -0.25) is 0 Å². The zero-order valence-corrected chi connectivity index (χ0v) is 8.67. The van der Waals surface area contributed by atoms with E-state index in [9.17, 15) is 0 Å². The quantitative estimate of drug-likeness (QED) is 0.777. The van der Waals surface area contributed by atoms with Crippen molar-refractivity contribution in [3.63, 3.8) is 0 Å². The molecule has 1 aromatic carbocycles. The molecular weight excluding hydrogens is 202 g/mol. The van der Waals surface area contributed by atoms with Crippen LogP contribution in [-0.4, -0.2) is 13.7 Å². The number of fused-ring (bicyclic) bond motifs is 1. The maximum atomic E-state index is 6.14. The van der Waals surface area contributed by atoms with Crippen molar-refractivity contribution in [2.45, 2.75) is 12.5 Å². The lowest BCUT2D eigenvalue weighted by Gasteiger charge is -2.24. The molecule has 0 aromatic heterocycles. The van der Waals surface area contributed by atoms with E-state index in [2.05, 4.69) is 0 Å². The van der Waals surface area contributed by atoms with Crippen LogP contribution in [0.2, 0.25) is 5.02 Å². The number of methoxy groups -OCH3 is 1. The lowest BCUT2D eigenvalue weighted by molar-refractivity contribution is 0.268. The van der Waals surface area contributed by atoms with Crippen LogP contribution in [-0.2, 0) is 0 Å². The third kappa shape index (κ3) is 1.42. The second-order valence-electron chi connectivity index (χ2n) is 3.24. The molecule has 0 aliphatic carbocycles. The van der Waals surface area contributed by atoms with Crippen molar-refractivity contribution in [2.75, 3.05) is 13.7 Å². The molecule has 0 fully saturated rings. The Balaban J connectivity index is 2.54. The normalized spacial score (nSPS) is 19.8. The summed E-state index contributed by atoms with van der Waals surface area (Å²) in [6, 6.07) is 3.58. The van der Waals surface area contributed by atoms with Crippen molar-refractivity contribution >= 4 is 11.6 Å². The van der Waals surface area contributed by atoms with E-state index >= 15 is 0 Å². The Hall–Kier alpha value is -0.930. The smallest absolute Gasteiger partial charge is 0.138 e. The zero-order valence-electron chi connectivity index (χ0n) is 7.92. The average molecular weight is 214 g/mol. The Labute approximate surface area is 87.8 Å². The topological polar surface area (TPSA) is 44.5 Å². The summed E-state index contributed by atoms with van der Waals surface area (Å²) in [5.41, 5.74) is 6.81. The predicted molar refractivity (Wildman–Crippen MR) is 55.0 cm³/mol. The van der Waals surface area contributed by atoms with Crippen molar-refractivity contribution in [3.05, 3.63) is 22.7 Å². The minimum absolute atomic E-state index is 0.0543. The molecule has 1 atom stereocenters. The molecule has 1 aromatic rings. The second-order valence-corrected chi connectivity index (χ2v) is 3.62. The van der Waals surface area contributed by atoms with Crippen molar-refractivity contribution in [1.29, 1.82) is 0 Å². The van der Waals surface area contributed by atoms with Crippen LogP contribution in [0.4, 0.5) is 0 Å². The van der Waals surface area contributed by atoms with E-state index in [4.69, 9.17) is 26.8 Å². The molecular formula is C10H12ClNO2. The van der Waals surface area contributed by atoms with Crippen molar-refractivity contribution in [2.24, 2.45) is 5.73 Å². The first kappa shape index (κ1) is 9.62. The highest BCUT2D eigenvalue weighted by molar-refractivity contribution is 6.33. The van der Waals surface area contributed by atoms with Crippen LogP contribution in [0.5, 0.6) is 11.5 Å². The number of benzene rings is 1. The van der Waals surface area contributed by atoms with Gasteiger partial charge in [0.25, 0.3) is 0 Å². The Morgan fingerprint density at radius 2 is 2.36 bits per heavy atom. The first-order valence-corrected chi connectivity index (χ1v) is 4.86. The minimum Gasteiger partial charge on any atom is -0.495 e. The fourth-order valence-corrected chi connectivity index (χ4v) is 2.00. The predicted octanol–water partition coefficient (Wildman–Crippen LogP) is 2.13. The fourth-order valence-electron chi connectivity index (χ4n) is 1.62. The third-order valence-electron chi connectivity index (χ3n) is 2.38. The van der Waals surface area contributed by atoms with Crippen LogP contribution in [0.1, 0.15) is 18.0 Å². The van der Waals surface area contributed by atoms with Gasteiger partial charge in [-0.05, 0) is 12.1 Å². The largest absolute Gasteiger partial charge is 0.495 e. The highest BCUT2D eigenvalue weighted by atomic mass is 35.5.